The smallest absolute Gasteiger partial charge is 0.308 e. The van der Waals surface area contributed by atoms with Gasteiger partial charge < -0.3 is 9.05 Å². The van der Waals surface area contributed by atoms with Crippen molar-refractivity contribution >= 4 is 13.4 Å². The zero-order chi connectivity index (χ0) is 10.1. The Morgan fingerprint density at radius 2 is 1.85 bits per heavy atom. The van der Waals surface area contributed by atoms with E-state index in [4.69, 9.17) is 9.05 Å². The molecule has 0 atom stereocenters. The quantitative estimate of drug-likeness (QED) is 0.647. The molecular weight excluding hydrogens is 191 g/mol. The lowest BCUT2D eigenvalue weighted by Gasteiger charge is -2.33. The van der Waals surface area contributed by atoms with E-state index in [1.165, 1.54) is 6.92 Å². The van der Waals surface area contributed by atoms with Crippen molar-refractivity contribution in [1.29, 1.82) is 0 Å². The Kier molecular flexibility index (Phi) is 2.95. The molecule has 1 saturated heterocycles. The van der Waals surface area contributed by atoms with Crippen molar-refractivity contribution in [2.75, 3.05) is 19.4 Å². The second-order valence-corrected chi connectivity index (χ2v) is 6.24. The Morgan fingerprint density at radius 1 is 1.38 bits per heavy atom. The van der Waals surface area contributed by atoms with Gasteiger partial charge in [0.1, 0.15) is 11.9 Å². The number of ketones is 1. The summed E-state index contributed by atoms with van der Waals surface area (Å²) in [5, 5.41) is 0. The molecule has 4 nitrogen and oxygen atoms in total. The lowest BCUT2D eigenvalue weighted by atomic mass is 9.97. The standard InChI is InChI=1S/C8H15O4P/c1-7(9)4-13(10)11-5-8(2,3)6-12-13/h4-6H2,1-3H3. The Morgan fingerprint density at radius 3 is 2.23 bits per heavy atom. The topological polar surface area (TPSA) is 52.6 Å². The average Bonchev–Trinajstić information content (AvgIpc) is 1.95. The molecule has 76 valence electrons. The molecule has 0 aromatic heterocycles. The van der Waals surface area contributed by atoms with E-state index in [1.807, 2.05) is 13.8 Å². The fraction of sp³-hybridized carbons (Fsp3) is 0.875. The van der Waals surface area contributed by atoms with E-state index in [1.54, 1.807) is 0 Å². The summed E-state index contributed by atoms with van der Waals surface area (Å²) in [6, 6.07) is 0. The van der Waals surface area contributed by atoms with Crippen molar-refractivity contribution in [3.63, 3.8) is 0 Å². The third-order valence-corrected chi connectivity index (χ3v) is 3.60. The summed E-state index contributed by atoms with van der Waals surface area (Å²) in [5.41, 5.74) is -0.106. The number of hydrogen-bond acceptors (Lipinski definition) is 4. The first-order chi connectivity index (χ1) is 5.83. The maximum atomic E-state index is 11.7. The van der Waals surface area contributed by atoms with Gasteiger partial charge in [-0.15, -0.1) is 0 Å². The van der Waals surface area contributed by atoms with Crippen molar-refractivity contribution in [3.8, 4) is 0 Å². The summed E-state index contributed by atoms with van der Waals surface area (Å²) in [6.45, 7) is 6.08. The van der Waals surface area contributed by atoms with Crippen molar-refractivity contribution in [2.45, 2.75) is 20.8 Å². The van der Waals surface area contributed by atoms with Crippen molar-refractivity contribution in [1.82, 2.24) is 0 Å². The van der Waals surface area contributed by atoms with E-state index in [0.717, 1.165) is 0 Å². The van der Waals surface area contributed by atoms with Crippen molar-refractivity contribution < 1.29 is 18.4 Å². The number of hydrogen-bond donors (Lipinski definition) is 0. The third-order valence-electron chi connectivity index (χ3n) is 1.72. The minimum Gasteiger partial charge on any atom is -0.308 e. The van der Waals surface area contributed by atoms with Gasteiger partial charge in [0.15, 0.2) is 0 Å². The van der Waals surface area contributed by atoms with Crippen LogP contribution in [0, 0.1) is 5.41 Å². The van der Waals surface area contributed by atoms with Gasteiger partial charge in [-0.25, -0.2) is 0 Å². The molecule has 13 heavy (non-hydrogen) atoms. The summed E-state index contributed by atoms with van der Waals surface area (Å²) in [7, 11) is -3.10. The number of carbonyl (C=O) groups is 1. The van der Waals surface area contributed by atoms with Crippen LogP contribution in [-0.2, 0) is 18.4 Å². The molecule has 0 spiro atoms. The summed E-state index contributed by atoms with van der Waals surface area (Å²) in [5.74, 6) is -0.164. The first kappa shape index (κ1) is 10.9. The largest absolute Gasteiger partial charge is 0.338 e. The van der Waals surface area contributed by atoms with Gasteiger partial charge in [-0.05, 0) is 6.92 Å². The van der Waals surface area contributed by atoms with Gasteiger partial charge in [-0.1, -0.05) is 13.8 Å². The molecule has 0 saturated carbocycles. The highest BCUT2D eigenvalue weighted by atomic mass is 31.2. The van der Waals surface area contributed by atoms with Crippen molar-refractivity contribution in [3.05, 3.63) is 0 Å². The molecule has 0 bridgehead atoms. The Balaban J connectivity index is 2.57. The van der Waals surface area contributed by atoms with Crippen LogP contribution in [0.4, 0.5) is 0 Å². The van der Waals surface area contributed by atoms with E-state index < -0.39 is 7.60 Å². The van der Waals surface area contributed by atoms with Crippen LogP contribution >= 0.6 is 7.60 Å². The molecule has 0 aliphatic carbocycles. The molecule has 1 fully saturated rings. The van der Waals surface area contributed by atoms with E-state index in [-0.39, 0.29) is 17.4 Å². The molecule has 1 aliphatic heterocycles. The van der Waals surface area contributed by atoms with Crippen LogP contribution in [0.3, 0.4) is 0 Å². The highest BCUT2D eigenvalue weighted by Crippen LogP contribution is 2.53. The summed E-state index contributed by atoms with van der Waals surface area (Å²) >= 11 is 0. The number of carbonyl (C=O) groups excluding carboxylic acids is 1. The molecule has 0 N–H and O–H groups in total. The lowest BCUT2D eigenvalue weighted by molar-refractivity contribution is -0.115. The van der Waals surface area contributed by atoms with Crippen LogP contribution in [-0.4, -0.2) is 25.2 Å². The summed E-state index contributed by atoms with van der Waals surface area (Å²) in [4.78, 5) is 10.7. The minimum atomic E-state index is -3.10. The molecule has 0 aromatic carbocycles. The fourth-order valence-corrected chi connectivity index (χ4v) is 2.88. The van der Waals surface area contributed by atoms with Crippen LogP contribution < -0.4 is 0 Å². The van der Waals surface area contributed by atoms with E-state index in [0.29, 0.717) is 13.2 Å². The third kappa shape index (κ3) is 3.22. The van der Waals surface area contributed by atoms with Crippen LogP contribution in [0.15, 0.2) is 0 Å². The highest BCUT2D eigenvalue weighted by molar-refractivity contribution is 7.54. The fourth-order valence-electron chi connectivity index (χ4n) is 0.989. The summed E-state index contributed by atoms with van der Waals surface area (Å²) < 4.78 is 21.9. The zero-order valence-corrected chi connectivity index (χ0v) is 9.10. The Hall–Kier alpha value is -0.180. The molecule has 1 rings (SSSR count). The van der Waals surface area contributed by atoms with E-state index >= 15 is 0 Å². The minimum absolute atomic E-state index is 0.106. The number of Topliss-reactive ketones (excluding diaryl/α,β-unsaturated/α-hetero) is 1. The van der Waals surface area contributed by atoms with Gasteiger partial charge in [0.25, 0.3) is 0 Å². The SMILES string of the molecule is CC(=O)CP1(=O)OCC(C)(C)CO1. The second-order valence-electron chi connectivity index (χ2n) is 4.18. The number of rotatable bonds is 2. The van der Waals surface area contributed by atoms with Gasteiger partial charge in [0.05, 0.1) is 13.2 Å². The van der Waals surface area contributed by atoms with Crippen LogP contribution in [0.2, 0.25) is 0 Å². The normalized spacial score (nSPS) is 25.5. The molecule has 1 heterocycles. The molecule has 1 aliphatic rings. The second kappa shape index (κ2) is 3.52. The highest BCUT2D eigenvalue weighted by Gasteiger charge is 2.37. The molecular formula is C8H15O4P. The van der Waals surface area contributed by atoms with Crippen LogP contribution in [0.5, 0.6) is 0 Å². The van der Waals surface area contributed by atoms with Crippen molar-refractivity contribution in [2.24, 2.45) is 5.41 Å². The maximum absolute atomic E-state index is 11.7. The van der Waals surface area contributed by atoms with Crippen LogP contribution in [0.25, 0.3) is 0 Å². The van der Waals surface area contributed by atoms with Gasteiger partial charge in [0, 0.05) is 5.41 Å². The first-order valence-electron chi connectivity index (χ1n) is 4.21. The molecule has 0 aromatic rings. The molecule has 0 radical (unpaired) electrons. The molecule has 0 unspecified atom stereocenters. The van der Waals surface area contributed by atoms with E-state index in [2.05, 4.69) is 0 Å². The maximum Gasteiger partial charge on any atom is 0.338 e. The van der Waals surface area contributed by atoms with Gasteiger partial charge in [0.2, 0.25) is 0 Å². The Labute approximate surface area is 78.1 Å². The first-order valence-corrected chi connectivity index (χ1v) is 5.93. The predicted molar refractivity (Wildman–Crippen MR) is 48.8 cm³/mol. The predicted octanol–water partition coefficient (Wildman–Crippen LogP) is 1.84. The van der Waals surface area contributed by atoms with Crippen LogP contribution in [0.1, 0.15) is 20.8 Å². The Bertz CT molecular complexity index is 245. The van der Waals surface area contributed by atoms with Gasteiger partial charge in [-0.2, -0.15) is 0 Å². The molecule has 0 amide bonds. The average molecular weight is 206 g/mol. The van der Waals surface area contributed by atoms with Gasteiger partial charge in [-0.3, -0.25) is 9.36 Å². The van der Waals surface area contributed by atoms with E-state index in [9.17, 15) is 9.36 Å². The lowest BCUT2D eigenvalue weighted by Crippen LogP contribution is -2.30. The van der Waals surface area contributed by atoms with Gasteiger partial charge >= 0.3 is 7.60 Å². The summed E-state index contributed by atoms with van der Waals surface area (Å²) in [6.07, 6.45) is -0.108. The molecule has 5 heteroatoms. The zero-order valence-electron chi connectivity index (χ0n) is 8.20. The monoisotopic (exact) mass is 206 g/mol.